The van der Waals surface area contributed by atoms with E-state index in [2.05, 4.69) is 15.4 Å². The standard InChI is InChI=1S/C13H13N5OS2/c14-7-1-3-9-10(5-7)17-13(16-9)20-6-8-2-4-11(21-8)12(19)18-15/h1-5H,6,14-15H2,(H,16,17)(H,18,19). The van der Waals surface area contributed by atoms with Gasteiger partial charge in [-0.2, -0.15) is 0 Å². The van der Waals surface area contributed by atoms with E-state index in [0.717, 1.165) is 26.8 Å². The predicted octanol–water partition coefficient (Wildman–Crippen LogP) is 2.10. The second-order valence-electron chi connectivity index (χ2n) is 4.35. The van der Waals surface area contributed by atoms with Crippen LogP contribution in [0.4, 0.5) is 5.69 Å². The number of thioether (sulfide) groups is 1. The number of carbonyl (C=O) groups is 1. The fourth-order valence-electron chi connectivity index (χ4n) is 1.86. The third-order valence-corrected chi connectivity index (χ3v) is 5.04. The summed E-state index contributed by atoms with van der Waals surface area (Å²) in [5.74, 6) is 5.58. The minimum atomic E-state index is -0.268. The number of anilines is 1. The largest absolute Gasteiger partial charge is 0.399 e. The van der Waals surface area contributed by atoms with Gasteiger partial charge in [-0.1, -0.05) is 11.8 Å². The molecule has 0 atom stereocenters. The first-order chi connectivity index (χ1) is 10.2. The van der Waals surface area contributed by atoms with Gasteiger partial charge in [0.1, 0.15) is 0 Å². The van der Waals surface area contributed by atoms with Crippen LogP contribution in [0.15, 0.2) is 35.5 Å². The average Bonchev–Trinajstić information content (AvgIpc) is 3.10. The van der Waals surface area contributed by atoms with Crippen molar-refractivity contribution in [2.45, 2.75) is 10.9 Å². The molecule has 2 aromatic heterocycles. The van der Waals surface area contributed by atoms with Gasteiger partial charge >= 0.3 is 0 Å². The van der Waals surface area contributed by atoms with Crippen molar-refractivity contribution in [2.75, 3.05) is 5.73 Å². The number of aromatic amines is 1. The number of nitrogen functional groups attached to an aromatic ring is 2. The summed E-state index contributed by atoms with van der Waals surface area (Å²) < 4.78 is 0. The molecule has 3 aromatic rings. The Kier molecular flexibility index (Phi) is 3.82. The quantitative estimate of drug-likeness (QED) is 0.193. The Morgan fingerprint density at radius 3 is 3.05 bits per heavy atom. The number of H-pyrrole nitrogens is 1. The molecule has 0 unspecified atom stereocenters. The van der Waals surface area contributed by atoms with E-state index in [1.165, 1.54) is 11.3 Å². The van der Waals surface area contributed by atoms with Crippen LogP contribution in [0, 0.1) is 0 Å². The van der Waals surface area contributed by atoms with Gasteiger partial charge in [-0.3, -0.25) is 10.2 Å². The van der Waals surface area contributed by atoms with Crippen LogP contribution < -0.4 is 17.0 Å². The van der Waals surface area contributed by atoms with Gasteiger partial charge in [0.05, 0.1) is 15.9 Å². The van der Waals surface area contributed by atoms with Crippen LogP contribution in [0.2, 0.25) is 0 Å². The van der Waals surface area contributed by atoms with Crippen molar-refractivity contribution in [1.82, 2.24) is 15.4 Å². The molecule has 8 heteroatoms. The zero-order chi connectivity index (χ0) is 14.8. The van der Waals surface area contributed by atoms with E-state index < -0.39 is 0 Å². The Bertz CT molecular complexity index is 795. The Morgan fingerprint density at radius 2 is 2.24 bits per heavy atom. The summed E-state index contributed by atoms with van der Waals surface area (Å²) in [4.78, 5) is 20.8. The number of hydrogen-bond donors (Lipinski definition) is 4. The Labute approximate surface area is 128 Å². The summed E-state index contributed by atoms with van der Waals surface area (Å²) >= 11 is 3.00. The molecule has 0 saturated carbocycles. The van der Waals surface area contributed by atoms with Crippen LogP contribution in [0.1, 0.15) is 14.5 Å². The molecule has 0 bridgehead atoms. The molecule has 3 rings (SSSR count). The van der Waals surface area contributed by atoms with Crippen molar-refractivity contribution < 1.29 is 4.79 Å². The van der Waals surface area contributed by atoms with E-state index in [-0.39, 0.29) is 5.91 Å². The third kappa shape index (κ3) is 3.02. The first-order valence-corrected chi connectivity index (χ1v) is 7.93. The maximum absolute atomic E-state index is 11.4. The van der Waals surface area contributed by atoms with Gasteiger partial charge in [0.25, 0.3) is 5.91 Å². The molecule has 0 aliphatic heterocycles. The molecule has 1 aromatic carbocycles. The van der Waals surface area contributed by atoms with Crippen molar-refractivity contribution in [3.8, 4) is 0 Å². The van der Waals surface area contributed by atoms with Crippen LogP contribution in [0.25, 0.3) is 11.0 Å². The SMILES string of the molecule is NNC(=O)c1ccc(CSc2nc3ccc(N)cc3[nH]2)s1. The van der Waals surface area contributed by atoms with E-state index in [1.54, 1.807) is 17.8 Å². The number of nitrogens with zero attached hydrogens (tertiary/aromatic N) is 1. The van der Waals surface area contributed by atoms with Crippen LogP contribution in [0.3, 0.4) is 0 Å². The number of hydrazine groups is 1. The van der Waals surface area contributed by atoms with E-state index >= 15 is 0 Å². The molecule has 0 spiro atoms. The highest BCUT2D eigenvalue weighted by Crippen LogP contribution is 2.27. The lowest BCUT2D eigenvalue weighted by atomic mass is 10.3. The second-order valence-corrected chi connectivity index (χ2v) is 6.48. The number of thiophene rings is 1. The molecule has 0 aliphatic carbocycles. The van der Waals surface area contributed by atoms with Crippen LogP contribution in [-0.2, 0) is 5.75 Å². The molecular formula is C13H13N5OS2. The Morgan fingerprint density at radius 1 is 1.38 bits per heavy atom. The van der Waals surface area contributed by atoms with Crippen molar-refractivity contribution in [2.24, 2.45) is 5.84 Å². The molecule has 0 aliphatic rings. The summed E-state index contributed by atoms with van der Waals surface area (Å²) in [5.41, 5.74) is 10.4. The van der Waals surface area contributed by atoms with E-state index in [9.17, 15) is 4.79 Å². The van der Waals surface area contributed by atoms with Gasteiger partial charge in [-0.25, -0.2) is 10.8 Å². The maximum Gasteiger partial charge on any atom is 0.275 e. The molecule has 1 amide bonds. The molecule has 0 fully saturated rings. The highest BCUT2D eigenvalue weighted by molar-refractivity contribution is 7.98. The van der Waals surface area contributed by atoms with Crippen molar-refractivity contribution in [3.63, 3.8) is 0 Å². The van der Waals surface area contributed by atoms with Crippen molar-refractivity contribution >= 4 is 45.7 Å². The smallest absolute Gasteiger partial charge is 0.275 e. The number of fused-ring (bicyclic) bond motifs is 1. The van der Waals surface area contributed by atoms with Gasteiger partial charge in [-0.15, -0.1) is 11.3 Å². The minimum Gasteiger partial charge on any atom is -0.399 e. The van der Waals surface area contributed by atoms with Crippen molar-refractivity contribution in [3.05, 3.63) is 40.1 Å². The van der Waals surface area contributed by atoms with Gasteiger partial charge in [0.2, 0.25) is 0 Å². The maximum atomic E-state index is 11.4. The third-order valence-electron chi connectivity index (χ3n) is 2.85. The molecular weight excluding hydrogens is 306 g/mol. The molecule has 6 nitrogen and oxygen atoms in total. The summed E-state index contributed by atoms with van der Waals surface area (Å²) in [6.07, 6.45) is 0. The fraction of sp³-hybridized carbons (Fsp3) is 0.0769. The Hall–Kier alpha value is -2.03. The van der Waals surface area contributed by atoms with Crippen LogP contribution >= 0.6 is 23.1 Å². The summed E-state index contributed by atoms with van der Waals surface area (Å²) in [5, 5.41) is 0.828. The zero-order valence-corrected chi connectivity index (χ0v) is 12.6. The topological polar surface area (TPSA) is 110 Å². The number of aromatic nitrogens is 2. The molecule has 2 heterocycles. The molecule has 6 N–H and O–H groups in total. The number of carbonyl (C=O) groups excluding carboxylic acids is 1. The Balaban J connectivity index is 1.71. The highest BCUT2D eigenvalue weighted by Gasteiger charge is 2.09. The van der Waals surface area contributed by atoms with E-state index in [4.69, 9.17) is 11.6 Å². The number of amides is 1. The monoisotopic (exact) mass is 319 g/mol. The summed E-state index contributed by atoms with van der Waals surface area (Å²) in [6.45, 7) is 0. The normalized spacial score (nSPS) is 10.9. The summed E-state index contributed by atoms with van der Waals surface area (Å²) in [7, 11) is 0. The van der Waals surface area contributed by atoms with Crippen LogP contribution in [0.5, 0.6) is 0 Å². The van der Waals surface area contributed by atoms with Crippen LogP contribution in [-0.4, -0.2) is 15.9 Å². The lowest BCUT2D eigenvalue weighted by molar-refractivity contribution is 0.0957. The minimum absolute atomic E-state index is 0.268. The van der Waals surface area contributed by atoms with Gasteiger partial charge in [0, 0.05) is 16.3 Å². The highest BCUT2D eigenvalue weighted by atomic mass is 32.2. The molecule has 0 saturated heterocycles. The molecule has 21 heavy (non-hydrogen) atoms. The second kappa shape index (κ2) is 5.76. The van der Waals surface area contributed by atoms with Gasteiger partial charge < -0.3 is 10.7 Å². The number of hydrogen-bond acceptors (Lipinski definition) is 6. The zero-order valence-electron chi connectivity index (χ0n) is 10.9. The number of imidazole rings is 1. The predicted molar refractivity (Wildman–Crippen MR) is 86.0 cm³/mol. The van der Waals surface area contributed by atoms with E-state index in [1.807, 2.05) is 24.3 Å². The van der Waals surface area contributed by atoms with Gasteiger partial charge in [0.15, 0.2) is 5.16 Å². The van der Waals surface area contributed by atoms with Gasteiger partial charge in [-0.05, 0) is 30.3 Å². The number of rotatable bonds is 4. The molecule has 108 valence electrons. The number of nitrogens with one attached hydrogen (secondary N) is 2. The fourth-order valence-corrected chi connectivity index (χ4v) is 3.70. The summed E-state index contributed by atoms with van der Waals surface area (Å²) in [6, 6.07) is 9.26. The van der Waals surface area contributed by atoms with Crippen molar-refractivity contribution in [1.29, 1.82) is 0 Å². The number of benzene rings is 1. The number of nitrogens with two attached hydrogens (primary N) is 2. The first-order valence-electron chi connectivity index (χ1n) is 6.13. The average molecular weight is 319 g/mol. The molecule has 0 radical (unpaired) electrons. The lowest BCUT2D eigenvalue weighted by Crippen LogP contribution is -2.29. The van der Waals surface area contributed by atoms with E-state index in [0.29, 0.717) is 10.6 Å². The first kappa shape index (κ1) is 13.9. The lowest BCUT2D eigenvalue weighted by Gasteiger charge is -1.95.